The second-order valence-electron chi connectivity index (χ2n) is 4.85. The van der Waals surface area contributed by atoms with E-state index in [0.717, 1.165) is 57.9 Å². The Morgan fingerprint density at radius 3 is 2.95 bits per heavy atom. The van der Waals surface area contributed by atoms with Gasteiger partial charge in [0.1, 0.15) is 5.02 Å². The number of methoxy groups -OCH3 is 1. The van der Waals surface area contributed by atoms with E-state index in [2.05, 4.69) is 19.8 Å². The Bertz CT molecular complexity index is 431. The maximum Gasteiger partial charge on any atom is 0.318 e. The number of hydrogen-bond acceptors (Lipinski definition) is 6. The van der Waals surface area contributed by atoms with E-state index in [1.165, 1.54) is 0 Å². The van der Waals surface area contributed by atoms with Crippen LogP contribution in [0.2, 0.25) is 5.02 Å². The molecule has 1 fully saturated rings. The number of halogens is 1. The summed E-state index contributed by atoms with van der Waals surface area (Å²) in [5.74, 6) is 0.763. The quantitative estimate of drug-likeness (QED) is 0.875. The molecule has 1 aromatic heterocycles. The first-order valence-corrected chi connectivity index (χ1v) is 7.36. The minimum absolute atomic E-state index is 0.355. The van der Waals surface area contributed by atoms with Crippen LogP contribution in [0.15, 0.2) is 6.20 Å². The molecule has 0 bridgehead atoms. The zero-order valence-corrected chi connectivity index (χ0v) is 12.6. The van der Waals surface area contributed by atoms with Gasteiger partial charge in [0.2, 0.25) is 0 Å². The summed E-state index contributed by atoms with van der Waals surface area (Å²) >= 11 is 6.21. The largest absolute Gasteiger partial charge is 0.467 e. The second kappa shape index (κ2) is 7.61. The first kappa shape index (κ1) is 15.3. The minimum Gasteiger partial charge on any atom is -0.467 e. The Balaban J connectivity index is 2.02. The van der Waals surface area contributed by atoms with Gasteiger partial charge in [-0.05, 0) is 32.5 Å². The lowest BCUT2D eigenvalue weighted by Gasteiger charge is -2.23. The van der Waals surface area contributed by atoms with E-state index < -0.39 is 0 Å². The van der Waals surface area contributed by atoms with Gasteiger partial charge in [0.15, 0.2) is 5.82 Å². The number of hydrogen-bond donors (Lipinski definition) is 1. The summed E-state index contributed by atoms with van der Waals surface area (Å²) in [6.07, 6.45) is 3.73. The van der Waals surface area contributed by atoms with E-state index in [1.807, 2.05) is 0 Å². The number of nitrogens with two attached hydrogens (primary N) is 1. The molecule has 1 saturated heterocycles. The molecule has 0 atom stereocenters. The monoisotopic (exact) mass is 299 g/mol. The summed E-state index contributed by atoms with van der Waals surface area (Å²) in [4.78, 5) is 13.0. The number of nitrogens with zero attached hydrogens (tertiary/aromatic N) is 4. The summed E-state index contributed by atoms with van der Waals surface area (Å²) in [6, 6.07) is 0.355. The number of ether oxygens (including phenoxy) is 1. The number of aromatic nitrogens is 2. The molecular weight excluding hydrogens is 278 g/mol. The molecule has 2 heterocycles. The van der Waals surface area contributed by atoms with Crippen LogP contribution in [-0.2, 0) is 0 Å². The smallest absolute Gasteiger partial charge is 0.318 e. The van der Waals surface area contributed by atoms with Gasteiger partial charge in [-0.15, -0.1) is 0 Å². The van der Waals surface area contributed by atoms with Crippen molar-refractivity contribution in [3.05, 3.63) is 11.2 Å². The van der Waals surface area contributed by atoms with Crippen molar-refractivity contribution < 1.29 is 4.74 Å². The minimum atomic E-state index is 0.355. The van der Waals surface area contributed by atoms with Gasteiger partial charge in [0, 0.05) is 19.6 Å². The maximum absolute atomic E-state index is 6.21. The molecular formula is C13H22ClN5O. The fourth-order valence-electron chi connectivity index (χ4n) is 2.38. The topological polar surface area (TPSA) is 67.5 Å². The van der Waals surface area contributed by atoms with Crippen molar-refractivity contribution >= 4 is 17.4 Å². The van der Waals surface area contributed by atoms with Gasteiger partial charge < -0.3 is 20.3 Å². The van der Waals surface area contributed by atoms with Crippen LogP contribution in [0, 0.1) is 0 Å². The van der Waals surface area contributed by atoms with Crippen LogP contribution in [0.5, 0.6) is 6.01 Å². The summed E-state index contributed by atoms with van der Waals surface area (Å²) in [5.41, 5.74) is 5.57. The Morgan fingerprint density at radius 1 is 1.35 bits per heavy atom. The molecule has 6 nitrogen and oxygen atoms in total. The van der Waals surface area contributed by atoms with Crippen LogP contribution in [0.25, 0.3) is 0 Å². The standard InChI is InChI=1S/C13H22ClN5O/c1-20-13-16-10-11(14)12(17-13)19-7-3-6-18(8-9-19)5-2-4-15/h10H,2-9,15H2,1H3. The van der Waals surface area contributed by atoms with Crippen LogP contribution >= 0.6 is 11.6 Å². The summed E-state index contributed by atoms with van der Waals surface area (Å²) in [7, 11) is 1.56. The molecule has 0 radical (unpaired) electrons. The van der Waals surface area contributed by atoms with Gasteiger partial charge in [-0.3, -0.25) is 0 Å². The molecule has 0 amide bonds. The molecule has 1 aliphatic rings. The zero-order chi connectivity index (χ0) is 14.4. The van der Waals surface area contributed by atoms with Crippen molar-refractivity contribution in [1.29, 1.82) is 0 Å². The van der Waals surface area contributed by atoms with Crippen LogP contribution in [-0.4, -0.2) is 61.2 Å². The van der Waals surface area contributed by atoms with Gasteiger partial charge in [-0.25, -0.2) is 4.98 Å². The Labute approximate surface area is 124 Å². The molecule has 1 aliphatic heterocycles. The van der Waals surface area contributed by atoms with E-state index in [-0.39, 0.29) is 0 Å². The summed E-state index contributed by atoms with van der Waals surface area (Å²) in [6.45, 7) is 5.75. The number of anilines is 1. The lowest BCUT2D eigenvalue weighted by molar-refractivity contribution is 0.291. The maximum atomic E-state index is 6.21. The molecule has 1 aromatic rings. The van der Waals surface area contributed by atoms with Crippen LogP contribution in [0.4, 0.5) is 5.82 Å². The van der Waals surface area contributed by atoms with E-state index >= 15 is 0 Å². The highest BCUT2D eigenvalue weighted by atomic mass is 35.5. The SMILES string of the molecule is COc1ncc(Cl)c(N2CCCN(CCCN)CC2)n1. The molecule has 7 heteroatoms. The first-order chi connectivity index (χ1) is 9.74. The first-order valence-electron chi connectivity index (χ1n) is 6.98. The van der Waals surface area contributed by atoms with Crippen LogP contribution < -0.4 is 15.4 Å². The zero-order valence-electron chi connectivity index (χ0n) is 11.9. The van der Waals surface area contributed by atoms with Gasteiger partial charge in [0.05, 0.1) is 13.3 Å². The highest BCUT2D eigenvalue weighted by molar-refractivity contribution is 6.32. The second-order valence-corrected chi connectivity index (χ2v) is 5.26. The molecule has 0 saturated carbocycles. The Kier molecular flexibility index (Phi) is 5.82. The van der Waals surface area contributed by atoms with Gasteiger partial charge in [0.25, 0.3) is 0 Å². The number of rotatable bonds is 5. The lowest BCUT2D eigenvalue weighted by atomic mass is 10.3. The van der Waals surface area contributed by atoms with Crippen molar-refractivity contribution in [2.45, 2.75) is 12.8 Å². The highest BCUT2D eigenvalue weighted by Crippen LogP contribution is 2.25. The highest BCUT2D eigenvalue weighted by Gasteiger charge is 2.18. The molecule has 0 aromatic carbocycles. The normalized spacial score (nSPS) is 17.1. The lowest BCUT2D eigenvalue weighted by Crippen LogP contribution is -2.32. The van der Waals surface area contributed by atoms with Crippen molar-refractivity contribution in [1.82, 2.24) is 14.9 Å². The molecule has 20 heavy (non-hydrogen) atoms. The molecule has 112 valence electrons. The van der Waals surface area contributed by atoms with E-state index in [1.54, 1.807) is 13.3 Å². The van der Waals surface area contributed by atoms with Crippen molar-refractivity contribution in [2.75, 3.05) is 51.3 Å². The average Bonchev–Trinajstić information content (AvgIpc) is 2.71. The van der Waals surface area contributed by atoms with Crippen LogP contribution in [0.1, 0.15) is 12.8 Å². The third-order valence-electron chi connectivity index (χ3n) is 3.45. The molecule has 0 aliphatic carbocycles. The molecule has 0 spiro atoms. The predicted octanol–water partition coefficient (Wildman–Crippen LogP) is 0.999. The molecule has 2 rings (SSSR count). The fourth-order valence-corrected chi connectivity index (χ4v) is 2.59. The third-order valence-corrected chi connectivity index (χ3v) is 3.72. The third kappa shape index (κ3) is 3.94. The Morgan fingerprint density at radius 2 is 2.20 bits per heavy atom. The molecule has 0 unspecified atom stereocenters. The van der Waals surface area contributed by atoms with Gasteiger partial charge >= 0.3 is 6.01 Å². The summed E-state index contributed by atoms with van der Waals surface area (Å²) < 4.78 is 5.07. The predicted molar refractivity (Wildman–Crippen MR) is 80.5 cm³/mol. The average molecular weight is 300 g/mol. The van der Waals surface area contributed by atoms with E-state index in [0.29, 0.717) is 11.0 Å². The fraction of sp³-hybridized carbons (Fsp3) is 0.692. The van der Waals surface area contributed by atoms with Crippen molar-refractivity contribution in [3.63, 3.8) is 0 Å². The molecule has 2 N–H and O–H groups in total. The van der Waals surface area contributed by atoms with Gasteiger partial charge in [-0.1, -0.05) is 11.6 Å². The van der Waals surface area contributed by atoms with Crippen LogP contribution in [0.3, 0.4) is 0 Å². The van der Waals surface area contributed by atoms with Gasteiger partial charge in [-0.2, -0.15) is 4.98 Å². The summed E-state index contributed by atoms with van der Waals surface area (Å²) in [5, 5.41) is 0.571. The van der Waals surface area contributed by atoms with E-state index in [4.69, 9.17) is 22.1 Å². The van der Waals surface area contributed by atoms with E-state index in [9.17, 15) is 0 Å². The van der Waals surface area contributed by atoms with Crippen molar-refractivity contribution in [3.8, 4) is 6.01 Å². The Hall–Kier alpha value is -1.11. The van der Waals surface area contributed by atoms with Crippen molar-refractivity contribution in [2.24, 2.45) is 5.73 Å².